The third-order valence-electron chi connectivity index (χ3n) is 4.07. The van der Waals surface area contributed by atoms with Crippen LogP contribution in [-0.2, 0) is 16.0 Å². The number of hydrogen-bond donors (Lipinski definition) is 3. The minimum absolute atomic E-state index is 0. The van der Waals surface area contributed by atoms with Gasteiger partial charge >= 0.3 is 0 Å². The Hall–Kier alpha value is -1.56. The largest absolute Gasteiger partial charge is 0.377 e. The molecule has 5 nitrogen and oxygen atoms in total. The van der Waals surface area contributed by atoms with Gasteiger partial charge in [0.15, 0.2) is 0 Å². The van der Waals surface area contributed by atoms with Crippen LogP contribution in [0.25, 0.3) is 10.9 Å². The van der Waals surface area contributed by atoms with Crippen molar-refractivity contribution < 1.29 is 9.53 Å². The molecule has 3 rings (SSSR count). The second kappa shape index (κ2) is 8.91. The molecule has 126 valence electrons. The van der Waals surface area contributed by atoms with Gasteiger partial charge in [0.25, 0.3) is 0 Å². The van der Waals surface area contributed by atoms with Gasteiger partial charge in [0.05, 0.1) is 12.6 Å². The molecule has 1 unspecified atom stereocenters. The predicted octanol–water partition coefficient (Wildman–Crippen LogP) is 2.02. The summed E-state index contributed by atoms with van der Waals surface area (Å²) < 4.78 is 5.51. The third-order valence-corrected chi connectivity index (χ3v) is 4.07. The molecule has 3 N–H and O–H groups in total. The zero-order chi connectivity index (χ0) is 15.2. The maximum atomic E-state index is 11.8. The van der Waals surface area contributed by atoms with Crippen molar-refractivity contribution in [3.8, 4) is 0 Å². The van der Waals surface area contributed by atoms with Crippen molar-refractivity contribution in [1.82, 2.24) is 15.6 Å². The first-order valence-electron chi connectivity index (χ1n) is 7.97. The molecule has 1 aromatic carbocycles. The molecular formula is C17H24ClN3O2. The summed E-state index contributed by atoms with van der Waals surface area (Å²) in [6, 6.07) is 8.22. The summed E-state index contributed by atoms with van der Waals surface area (Å²) in [6.07, 6.45) is 5.35. The smallest absolute Gasteiger partial charge is 0.233 e. The van der Waals surface area contributed by atoms with Crippen molar-refractivity contribution in [3.05, 3.63) is 36.0 Å². The molecule has 1 aliphatic heterocycles. The van der Waals surface area contributed by atoms with Crippen LogP contribution in [0.2, 0.25) is 0 Å². The lowest BCUT2D eigenvalue weighted by Crippen LogP contribution is -2.37. The van der Waals surface area contributed by atoms with Crippen LogP contribution in [0, 0.1) is 0 Å². The number of benzene rings is 1. The van der Waals surface area contributed by atoms with Crippen LogP contribution in [-0.4, -0.2) is 43.2 Å². The van der Waals surface area contributed by atoms with E-state index < -0.39 is 0 Å². The molecule has 1 saturated heterocycles. The number of rotatable bonds is 7. The van der Waals surface area contributed by atoms with Gasteiger partial charge in [-0.1, -0.05) is 18.2 Å². The average Bonchev–Trinajstić information content (AvgIpc) is 3.17. The second-order valence-corrected chi connectivity index (χ2v) is 5.73. The minimum atomic E-state index is 0. The topological polar surface area (TPSA) is 66.2 Å². The molecule has 0 spiro atoms. The molecule has 6 heteroatoms. The summed E-state index contributed by atoms with van der Waals surface area (Å²) in [6.45, 7) is 2.62. The highest BCUT2D eigenvalue weighted by atomic mass is 35.5. The lowest BCUT2D eigenvalue weighted by molar-refractivity contribution is -0.120. The Morgan fingerprint density at radius 2 is 2.22 bits per heavy atom. The first kappa shape index (κ1) is 17.8. The standard InChI is InChI=1S/C17H23N3O2.ClH/c21-17(12-18-11-14-4-3-9-22-14)19-8-7-13-10-20-16-6-2-1-5-15(13)16;/h1-2,5-6,10,14,18,20H,3-4,7-9,11-12H2,(H,19,21);1H. The molecule has 0 saturated carbocycles. The highest BCUT2D eigenvalue weighted by Crippen LogP contribution is 2.17. The molecule has 23 heavy (non-hydrogen) atoms. The highest BCUT2D eigenvalue weighted by Gasteiger charge is 2.15. The predicted molar refractivity (Wildman–Crippen MR) is 94.1 cm³/mol. The van der Waals surface area contributed by atoms with Gasteiger partial charge in [0.1, 0.15) is 0 Å². The van der Waals surface area contributed by atoms with Crippen molar-refractivity contribution >= 4 is 29.2 Å². The first-order chi connectivity index (χ1) is 10.8. The third kappa shape index (κ3) is 4.96. The van der Waals surface area contributed by atoms with Crippen LogP contribution in [0.3, 0.4) is 0 Å². The number of hydrogen-bond acceptors (Lipinski definition) is 3. The lowest BCUT2D eigenvalue weighted by Gasteiger charge is -2.10. The van der Waals surface area contributed by atoms with Crippen molar-refractivity contribution in [2.75, 3.05) is 26.2 Å². The van der Waals surface area contributed by atoms with Gasteiger partial charge in [-0.15, -0.1) is 12.4 Å². The SMILES string of the molecule is Cl.O=C(CNCC1CCCO1)NCCc1c[nH]c2ccccc12. The van der Waals surface area contributed by atoms with Gasteiger partial charge in [0, 0.05) is 36.8 Å². The van der Waals surface area contributed by atoms with E-state index in [2.05, 4.69) is 27.8 Å². The average molecular weight is 338 g/mol. The second-order valence-electron chi connectivity index (χ2n) is 5.73. The number of H-pyrrole nitrogens is 1. The normalized spacial score (nSPS) is 17.1. The molecule has 1 fully saturated rings. The van der Waals surface area contributed by atoms with Gasteiger partial charge in [0.2, 0.25) is 5.91 Å². The summed E-state index contributed by atoms with van der Waals surface area (Å²) in [7, 11) is 0. The number of halogens is 1. The number of aromatic nitrogens is 1. The van der Waals surface area contributed by atoms with Crippen molar-refractivity contribution in [3.63, 3.8) is 0 Å². The summed E-state index contributed by atoms with van der Waals surface area (Å²) in [5.74, 6) is 0.0397. The number of nitrogens with one attached hydrogen (secondary N) is 3. The van der Waals surface area contributed by atoms with E-state index in [1.54, 1.807) is 0 Å². The van der Waals surface area contributed by atoms with Crippen molar-refractivity contribution in [2.24, 2.45) is 0 Å². The molecule has 0 radical (unpaired) electrons. The van der Waals surface area contributed by atoms with E-state index in [-0.39, 0.29) is 24.4 Å². The minimum Gasteiger partial charge on any atom is -0.377 e. The maximum absolute atomic E-state index is 11.8. The Bertz CT molecular complexity index is 623. The van der Waals surface area contributed by atoms with E-state index in [0.29, 0.717) is 13.1 Å². The van der Waals surface area contributed by atoms with E-state index in [1.165, 1.54) is 10.9 Å². The van der Waals surface area contributed by atoms with Crippen LogP contribution in [0.5, 0.6) is 0 Å². The Balaban J connectivity index is 0.00000192. The van der Waals surface area contributed by atoms with Crippen LogP contribution in [0.1, 0.15) is 18.4 Å². The maximum Gasteiger partial charge on any atom is 0.233 e. The fraction of sp³-hybridized carbons (Fsp3) is 0.471. The Kier molecular flexibility index (Phi) is 6.89. The number of carbonyl (C=O) groups excluding carboxylic acids is 1. The Morgan fingerprint density at radius 3 is 3.04 bits per heavy atom. The van der Waals surface area contributed by atoms with Gasteiger partial charge in [-0.3, -0.25) is 4.79 Å². The van der Waals surface area contributed by atoms with E-state index in [1.807, 2.05) is 18.3 Å². The summed E-state index contributed by atoms with van der Waals surface area (Å²) in [5, 5.41) is 7.34. The fourth-order valence-corrected chi connectivity index (χ4v) is 2.89. The molecule has 0 bridgehead atoms. The molecule has 0 aliphatic carbocycles. The van der Waals surface area contributed by atoms with Gasteiger partial charge in [-0.25, -0.2) is 0 Å². The van der Waals surface area contributed by atoms with E-state index in [0.717, 1.165) is 37.9 Å². The van der Waals surface area contributed by atoms with Crippen LogP contribution < -0.4 is 10.6 Å². The Labute approximate surface area is 142 Å². The summed E-state index contributed by atoms with van der Waals surface area (Å²) in [4.78, 5) is 15.0. The molecule has 1 aliphatic rings. The summed E-state index contributed by atoms with van der Waals surface area (Å²) in [5.41, 5.74) is 2.38. The van der Waals surface area contributed by atoms with Crippen LogP contribution >= 0.6 is 12.4 Å². The van der Waals surface area contributed by atoms with Crippen molar-refractivity contribution in [1.29, 1.82) is 0 Å². The fourth-order valence-electron chi connectivity index (χ4n) is 2.89. The monoisotopic (exact) mass is 337 g/mol. The number of fused-ring (bicyclic) bond motifs is 1. The number of ether oxygens (including phenoxy) is 1. The molecule has 1 amide bonds. The quantitative estimate of drug-likeness (QED) is 0.724. The zero-order valence-corrected chi connectivity index (χ0v) is 14.0. The number of carbonyl (C=O) groups is 1. The first-order valence-corrected chi connectivity index (χ1v) is 7.97. The van der Waals surface area contributed by atoms with E-state index >= 15 is 0 Å². The number of amides is 1. The van der Waals surface area contributed by atoms with Gasteiger partial charge in [-0.2, -0.15) is 0 Å². The summed E-state index contributed by atoms with van der Waals surface area (Å²) >= 11 is 0. The number of para-hydroxylation sites is 1. The van der Waals surface area contributed by atoms with Gasteiger partial charge < -0.3 is 20.4 Å². The molecular weight excluding hydrogens is 314 g/mol. The lowest BCUT2D eigenvalue weighted by atomic mass is 10.1. The number of aromatic amines is 1. The van der Waals surface area contributed by atoms with E-state index in [9.17, 15) is 4.79 Å². The Morgan fingerprint density at radius 1 is 1.35 bits per heavy atom. The van der Waals surface area contributed by atoms with Crippen LogP contribution in [0.4, 0.5) is 0 Å². The van der Waals surface area contributed by atoms with Gasteiger partial charge in [-0.05, 0) is 30.9 Å². The zero-order valence-electron chi connectivity index (χ0n) is 13.1. The molecule has 2 heterocycles. The molecule has 1 atom stereocenters. The molecule has 1 aromatic heterocycles. The van der Waals surface area contributed by atoms with Crippen molar-refractivity contribution in [2.45, 2.75) is 25.4 Å². The molecule has 2 aromatic rings. The highest BCUT2D eigenvalue weighted by molar-refractivity contribution is 5.85. The van der Waals surface area contributed by atoms with Crippen LogP contribution in [0.15, 0.2) is 30.5 Å². The van der Waals surface area contributed by atoms with E-state index in [4.69, 9.17) is 4.74 Å².